The highest BCUT2D eigenvalue weighted by Gasteiger charge is 2.29. The van der Waals surface area contributed by atoms with Gasteiger partial charge in [0.05, 0.1) is 13.2 Å². The average Bonchev–Trinajstić information content (AvgIpc) is 3.10. The van der Waals surface area contributed by atoms with Gasteiger partial charge in [-0.25, -0.2) is 4.79 Å². The molecule has 0 saturated carbocycles. The Labute approximate surface area is 141 Å². The van der Waals surface area contributed by atoms with Crippen LogP contribution in [0.3, 0.4) is 0 Å². The molecule has 0 unspecified atom stereocenters. The molecule has 1 heterocycles. The molecule has 126 valence electrons. The summed E-state index contributed by atoms with van der Waals surface area (Å²) in [5.41, 5.74) is 2.01. The number of hydrogen-bond acceptors (Lipinski definition) is 3. The molecule has 24 heavy (non-hydrogen) atoms. The molecule has 3 rings (SSSR count). The number of nitrogens with zero attached hydrogens (tertiary/aromatic N) is 1. The molecule has 0 aliphatic carbocycles. The molecule has 0 bridgehead atoms. The van der Waals surface area contributed by atoms with E-state index in [4.69, 9.17) is 4.74 Å². The third-order valence-corrected chi connectivity index (χ3v) is 4.41. The SMILES string of the molecule is COc1ccccc1CNC(=O)N1CCC[C@@H]1c1ccc(O)cc1. The largest absolute Gasteiger partial charge is 0.508 e. The first-order chi connectivity index (χ1) is 11.7. The van der Waals surface area contributed by atoms with E-state index >= 15 is 0 Å². The molecule has 5 nitrogen and oxygen atoms in total. The Balaban J connectivity index is 1.66. The van der Waals surface area contributed by atoms with Gasteiger partial charge in [0.25, 0.3) is 0 Å². The van der Waals surface area contributed by atoms with E-state index in [-0.39, 0.29) is 17.8 Å². The van der Waals surface area contributed by atoms with Crippen molar-refractivity contribution in [3.63, 3.8) is 0 Å². The van der Waals surface area contributed by atoms with Gasteiger partial charge in [0.15, 0.2) is 0 Å². The van der Waals surface area contributed by atoms with Crippen LogP contribution in [-0.2, 0) is 6.54 Å². The van der Waals surface area contributed by atoms with Crippen LogP contribution in [0.1, 0.15) is 30.0 Å². The monoisotopic (exact) mass is 326 g/mol. The summed E-state index contributed by atoms with van der Waals surface area (Å²) >= 11 is 0. The van der Waals surface area contributed by atoms with Gasteiger partial charge >= 0.3 is 6.03 Å². The fourth-order valence-electron chi connectivity index (χ4n) is 3.17. The van der Waals surface area contributed by atoms with E-state index < -0.39 is 0 Å². The minimum Gasteiger partial charge on any atom is -0.508 e. The molecule has 1 atom stereocenters. The van der Waals surface area contributed by atoms with Crippen molar-refractivity contribution in [1.82, 2.24) is 10.2 Å². The van der Waals surface area contributed by atoms with Crippen LogP contribution < -0.4 is 10.1 Å². The molecule has 5 heteroatoms. The van der Waals surface area contributed by atoms with Crippen LogP contribution in [0.2, 0.25) is 0 Å². The highest BCUT2D eigenvalue weighted by Crippen LogP contribution is 2.32. The van der Waals surface area contributed by atoms with Gasteiger partial charge in [-0.3, -0.25) is 0 Å². The maximum Gasteiger partial charge on any atom is 0.318 e. The number of hydrogen-bond donors (Lipinski definition) is 2. The molecular weight excluding hydrogens is 304 g/mol. The molecule has 1 aliphatic rings. The molecular formula is C19H22N2O3. The standard InChI is InChI=1S/C19H22N2O3/c1-24-18-7-3-2-5-15(18)13-20-19(23)21-12-4-6-17(21)14-8-10-16(22)11-9-14/h2-3,5,7-11,17,22H,4,6,12-13H2,1H3,(H,20,23)/t17-/m1/s1. The minimum absolute atomic E-state index is 0.0586. The van der Waals surface area contributed by atoms with Crippen molar-refractivity contribution in [3.05, 3.63) is 59.7 Å². The number of ether oxygens (including phenoxy) is 1. The predicted octanol–water partition coefficient (Wildman–Crippen LogP) is 3.45. The Morgan fingerprint density at radius 2 is 2.00 bits per heavy atom. The van der Waals surface area contributed by atoms with E-state index in [0.29, 0.717) is 6.54 Å². The number of phenols is 1. The summed E-state index contributed by atoms with van der Waals surface area (Å²) < 4.78 is 5.32. The van der Waals surface area contributed by atoms with Crippen LogP contribution in [-0.4, -0.2) is 29.7 Å². The number of amides is 2. The molecule has 2 aromatic carbocycles. The van der Waals surface area contributed by atoms with Crippen molar-refractivity contribution in [2.24, 2.45) is 0 Å². The number of carbonyl (C=O) groups excluding carboxylic acids is 1. The molecule has 2 N–H and O–H groups in total. The van der Waals surface area contributed by atoms with Crippen LogP contribution in [0.5, 0.6) is 11.5 Å². The average molecular weight is 326 g/mol. The Bertz CT molecular complexity index is 700. The molecule has 2 amide bonds. The van der Waals surface area contributed by atoms with E-state index in [0.717, 1.165) is 36.3 Å². The van der Waals surface area contributed by atoms with E-state index in [1.54, 1.807) is 19.2 Å². The number of carbonyl (C=O) groups is 1. The molecule has 0 radical (unpaired) electrons. The zero-order valence-corrected chi connectivity index (χ0v) is 13.7. The second-order valence-electron chi connectivity index (χ2n) is 5.91. The second kappa shape index (κ2) is 7.25. The first-order valence-electron chi connectivity index (χ1n) is 8.14. The summed E-state index contributed by atoms with van der Waals surface area (Å²) in [4.78, 5) is 14.5. The van der Waals surface area contributed by atoms with Crippen molar-refractivity contribution in [1.29, 1.82) is 0 Å². The minimum atomic E-state index is -0.0727. The molecule has 1 aliphatic heterocycles. The van der Waals surface area contributed by atoms with Gasteiger partial charge in [-0.15, -0.1) is 0 Å². The van der Waals surface area contributed by atoms with Gasteiger partial charge in [0.1, 0.15) is 11.5 Å². The molecule has 0 aromatic heterocycles. The van der Waals surface area contributed by atoms with Gasteiger partial charge in [-0.05, 0) is 36.6 Å². The highest BCUT2D eigenvalue weighted by molar-refractivity contribution is 5.75. The summed E-state index contributed by atoms with van der Waals surface area (Å²) in [7, 11) is 1.63. The molecule has 1 saturated heterocycles. The number of methoxy groups -OCH3 is 1. The van der Waals surface area contributed by atoms with Crippen LogP contribution in [0, 0.1) is 0 Å². The summed E-state index contributed by atoms with van der Waals surface area (Å²) in [5.74, 6) is 1.01. The Morgan fingerprint density at radius 1 is 1.25 bits per heavy atom. The maximum absolute atomic E-state index is 12.6. The van der Waals surface area contributed by atoms with Gasteiger partial charge in [-0.2, -0.15) is 0 Å². The fourth-order valence-corrected chi connectivity index (χ4v) is 3.17. The lowest BCUT2D eigenvalue weighted by atomic mass is 10.0. The van der Waals surface area contributed by atoms with Crippen molar-refractivity contribution in [2.75, 3.05) is 13.7 Å². The first kappa shape index (κ1) is 16.2. The van der Waals surface area contributed by atoms with Crippen molar-refractivity contribution < 1.29 is 14.6 Å². The van der Waals surface area contributed by atoms with Crippen LogP contribution in [0.15, 0.2) is 48.5 Å². The number of benzene rings is 2. The number of aromatic hydroxyl groups is 1. The summed E-state index contributed by atoms with van der Waals surface area (Å²) in [5, 5.41) is 12.4. The summed E-state index contributed by atoms with van der Waals surface area (Å²) in [6.07, 6.45) is 1.92. The third kappa shape index (κ3) is 3.45. The molecule has 1 fully saturated rings. The smallest absolute Gasteiger partial charge is 0.318 e. The number of nitrogens with one attached hydrogen (secondary N) is 1. The fraction of sp³-hybridized carbons (Fsp3) is 0.316. The molecule has 2 aromatic rings. The number of para-hydroxylation sites is 1. The summed E-state index contributed by atoms with van der Waals surface area (Å²) in [6.45, 7) is 1.17. The lowest BCUT2D eigenvalue weighted by Gasteiger charge is -2.25. The highest BCUT2D eigenvalue weighted by atomic mass is 16.5. The number of phenolic OH excluding ortho intramolecular Hbond substituents is 1. The normalized spacial score (nSPS) is 16.9. The predicted molar refractivity (Wildman–Crippen MR) is 92.0 cm³/mol. The zero-order valence-electron chi connectivity index (χ0n) is 13.7. The van der Waals surface area contributed by atoms with Gasteiger partial charge in [-0.1, -0.05) is 30.3 Å². The van der Waals surface area contributed by atoms with E-state index in [9.17, 15) is 9.90 Å². The number of urea groups is 1. The Morgan fingerprint density at radius 3 is 2.75 bits per heavy atom. The van der Waals surface area contributed by atoms with Crippen LogP contribution in [0.4, 0.5) is 4.79 Å². The Kier molecular flexibility index (Phi) is 4.89. The van der Waals surface area contributed by atoms with Gasteiger partial charge in [0.2, 0.25) is 0 Å². The van der Waals surface area contributed by atoms with Gasteiger partial charge < -0.3 is 20.1 Å². The van der Waals surface area contributed by atoms with Crippen molar-refractivity contribution in [3.8, 4) is 11.5 Å². The molecule has 0 spiro atoms. The van der Waals surface area contributed by atoms with Crippen LogP contribution in [0.25, 0.3) is 0 Å². The second-order valence-corrected chi connectivity index (χ2v) is 5.91. The van der Waals surface area contributed by atoms with E-state index in [1.165, 1.54) is 0 Å². The third-order valence-electron chi connectivity index (χ3n) is 4.41. The van der Waals surface area contributed by atoms with Crippen molar-refractivity contribution >= 4 is 6.03 Å². The van der Waals surface area contributed by atoms with Gasteiger partial charge in [0, 0.05) is 18.7 Å². The maximum atomic E-state index is 12.6. The lowest BCUT2D eigenvalue weighted by Crippen LogP contribution is -2.39. The number of likely N-dealkylation sites (tertiary alicyclic amines) is 1. The topological polar surface area (TPSA) is 61.8 Å². The summed E-state index contributed by atoms with van der Waals surface area (Å²) in [6, 6.07) is 14.7. The quantitative estimate of drug-likeness (QED) is 0.904. The zero-order chi connectivity index (χ0) is 16.9. The van der Waals surface area contributed by atoms with Crippen molar-refractivity contribution in [2.45, 2.75) is 25.4 Å². The number of rotatable bonds is 4. The first-order valence-corrected chi connectivity index (χ1v) is 8.14. The van der Waals surface area contributed by atoms with E-state index in [1.807, 2.05) is 41.3 Å². The Hall–Kier alpha value is -2.69. The van der Waals surface area contributed by atoms with E-state index in [2.05, 4.69) is 5.32 Å². The lowest BCUT2D eigenvalue weighted by molar-refractivity contribution is 0.192. The van der Waals surface area contributed by atoms with Crippen LogP contribution >= 0.6 is 0 Å².